The van der Waals surface area contributed by atoms with E-state index in [4.69, 9.17) is 25.8 Å². The number of nitrogens with zero attached hydrogens (tertiary/aromatic N) is 1. The zero-order chi connectivity index (χ0) is 20.4. The Bertz CT molecular complexity index is 1020. The summed E-state index contributed by atoms with van der Waals surface area (Å²) in [5.41, 5.74) is -1.32. The summed E-state index contributed by atoms with van der Waals surface area (Å²) in [5.74, 6) is -0.492. The number of halogens is 5. The molecule has 0 radical (unpaired) electrons. The van der Waals surface area contributed by atoms with E-state index in [1.807, 2.05) is 6.07 Å². The molecular formula is C16H10BrClF3NO4S. The first-order chi connectivity index (χ1) is 12.5. The van der Waals surface area contributed by atoms with E-state index in [9.17, 15) is 21.6 Å². The van der Waals surface area contributed by atoms with Crippen LogP contribution in [0.3, 0.4) is 0 Å². The van der Waals surface area contributed by atoms with Crippen molar-refractivity contribution in [2.24, 2.45) is 0 Å². The van der Waals surface area contributed by atoms with E-state index in [1.165, 1.54) is 12.1 Å². The number of hydrogen-bond acceptors (Lipinski definition) is 5. The molecule has 0 atom stereocenters. The highest BCUT2D eigenvalue weighted by Gasteiger charge is 2.38. The average molecular weight is 485 g/mol. The summed E-state index contributed by atoms with van der Waals surface area (Å²) < 4.78 is 74.9. The Morgan fingerprint density at radius 2 is 1.93 bits per heavy atom. The molecule has 0 saturated carbocycles. The van der Waals surface area contributed by atoms with E-state index < -0.39 is 26.8 Å². The summed E-state index contributed by atoms with van der Waals surface area (Å²) in [6.07, 6.45) is -4.97. The van der Waals surface area contributed by atoms with Crippen molar-refractivity contribution in [1.82, 2.24) is 0 Å². The van der Waals surface area contributed by atoms with Gasteiger partial charge in [0.25, 0.3) is 0 Å². The van der Waals surface area contributed by atoms with Gasteiger partial charge in [-0.3, -0.25) is 0 Å². The monoisotopic (exact) mass is 483 g/mol. The van der Waals surface area contributed by atoms with Crippen LogP contribution in [0, 0.1) is 11.3 Å². The Labute approximate surface area is 166 Å². The molecular weight excluding hydrogens is 475 g/mol. The third kappa shape index (κ3) is 4.86. The predicted octanol–water partition coefficient (Wildman–Crippen LogP) is 5.16. The summed E-state index contributed by atoms with van der Waals surface area (Å²) in [5, 5.41) is 8.70. The Morgan fingerprint density at radius 1 is 1.26 bits per heavy atom. The number of hydrogen-bond donors (Lipinski definition) is 0. The molecule has 2 aromatic carbocycles. The van der Waals surface area contributed by atoms with Crippen LogP contribution in [0.5, 0.6) is 11.5 Å². The molecule has 0 fully saturated rings. The van der Waals surface area contributed by atoms with Crippen molar-refractivity contribution in [2.75, 3.05) is 6.61 Å². The van der Waals surface area contributed by atoms with Crippen molar-refractivity contribution in [3.63, 3.8) is 0 Å². The lowest BCUT2D eigenvalue weighted by Crippen LogP contribution is -2.18. The topological polar surface area (TPSA) is 76.4 Å². The van der Waals surface area contributed by atoms with Crippen molar-refractivity contribution in [1.29, 1.82) is 5.26 Å². The normalized spacial score (nSPS) is 11.7. The van der Waals surface area contributed by atoms with Crippen LogP contribution in [0.4, 0.5) is 13.2 Å². The number of benzene rings is 2. The fourth-order valence-electron chi connectivity index (χ4n) is 2.07. The van der Waals surface area contributed by atoms with Crippen LogP contribution in [0.15, 0.2) is 39.7 Å². The van der Waals surface area contributed by atoms with E-state index in [-0.39, 0.29) is 33.2 Å². The minimum Gasteiger partial charge on any atom is -0.490 e. The Hall–Kier alpha value is -1.96. The maximum atomic E-state index is 13.2. The van der Waals surface area contributed by atoms with Gasteiger partial charge in [-0.1, -0.05) is 11.6 Å². The Morgan fingerprint density at radius 3 is 2.48 bits per heavy atom. The third-order valence-electron chi connectivity index (χ3n) is 3.15. The molecule has 0 saturated heterocycles. The van der Waals surface area contributed by atoms with Crippen molar-refractivity contribution >= 4 is 37.6 Å². The molecule has 144 valence electrons. The smallest absolute Gasteiger partial charge is 0.417 e. The molecule has 0 bridgehead atoms. The lowest BCUT2D eigenvalue weighted by molar-refractivity contribution is -0.139. The zero-order valence-electron chi connectivity index (χ0n) is 13.5. The molecule has 0 aliphatic rings. The summed E-state index contributed by atoms with van der Waals surface area (Å²) in [6, 6.07) is 6.52. The fourth-order valence-corrected chi connectivity index (χ4v) is 4.03. The third-order valence-corrected chi connectivity index (χ3v) is 5.25. The molecule has 5 nitrogen and oxygen atoms in total. The second-order valence-electron chi connectivity index (χ2n) is 5.01. The van der Waals surface area contributed by atoms with Crippen molar-refractivity contribution in [2.45, 2.75) is 18.0 Å². The summed E-state index contributed by atoms with van der Waals surface area (Å²) >= 11 is 8.60. The predicted molar refractivity (Wildman–Crippen MR) is 94.3 cm³/mol. The fraction of sp³-hybridized carbons (Fsp3) is 0.188. The molecule has 0 amide bonds. The molecule has 2 aromatic rings. The van der Waals surface area contributed by atoms with Crippen molar-refractivity contribution in [3.05, 3.63) is 51.0 Å². The SMILES string of the molecule is CCOc1cc(C#N)cc(Br)c1OS(=O)(=O)c1ccc(Cl)cc1C(F)(F)F. The van der Waals surface area contributed by atoms with Gasteiger partial charge in [-0.05, 0) is 47.1 Å². The van der Waals surface area contributed by atoms with E-state index in [2.05, 4.69) is 15.9 Å². The van der Waals surface area contributed by atoms with Gasteiger partial charge in [-0.15, -0.1) is 0 Å². The van der Waals surface area contributed by atoms with E-state index in [0.717, 1.165) is 6.07 Å². The average Bonchev–Trinajstić information content (AvgIpc) is 2.56. The standard InChI is InChI=1S/C16H10BrClF3NO4S/c1-2-25-13-6-9(8-22)5-12(17)15(13)26-27(23,24)14-4-3-10(18)7-11(14)16(19,20)21/h3-7H,2H2,1H3. The molecule has 0 unspecified atom stereocenters. The molecule has 11 heteroatoms. The molecule has 2 rings (SSSR count). The molecule has 0 heterocycles. The summed E-state index contributed by atoms with van der Waals surface area (Å²) in [4.78, 5) is -1.10. The van der Waals surface area contributed by atoms with Gasteiger partial charge in [-0.2, -0.15) is 26.9 Å². The van der Waals surface area contributed by atoms with E-state index >= 15 is 0 Å². The summed E-state index contributed by atoms with van der Waals surface area (Å²) in [7, 11) is -4.90. The maximum absolute atomic E-state index is 13.2. The first-order valence-electron chi connectivity index (χ1n) is 7.17. The van der Waals surface area contributed by atoms with Crippen LogP contribution in [0.25, 0.3) is 0 Å². The van der Waals surface area contributed by atoms with Gasteiger partial charge in [0.1, 0.15) is 4.90 Å². The number of nitriles is 1. The Balaban J connectivity index is 2.61. The van der Waals surface area contributed by atoms with Gasteiger partial charge < -0.3 is 8.92 Å². The zero-order valence-corrected chi connectivity index (χ0v) is 16.6. The highest BCUT2D eigenvalue weighted by Crippen LogP contribution is 2.41. The first kappa shape index (κ1) is 21.3. The summed E-state index contributed by atoms with van der Waals surface area (Å²) in [6.45, 7) is 1.71. The quantitative estimate of drug-likeness (QED) is 0.548. The highest BCUT2D eigenvalue weighted by molar-refractivity contribution is 9.10. The number of rotatable bonds is 5. The van der Waals surface area contributed by atoms with Gasteiger partial charge in [-0.25, -0.2) is 0 Å². The van der Waals surface area contributed by atoms with Crippen LogP contribution < -0.4 is 8.92 Å². The molecule has 0 spiro atoms. The van der Waals surface area contributed by atoms with Gasteiger partial charge in [0.05, 0.1) is 28.3 Å². The Kier molecular flexibility index (Phi) is 6.29. The molecule has 0 aliphatic heterocycles. The van der Waals surface area contributed by atoms with Crippen molar-refractivity contribution in [3.8, 4) is 17.6 Å². The molecule has 0 aliphatic carbocycles. The van der Waals surface area contributed by atoms with Crippen LogP contribution in [-0.4, -0.2) is 15.0 Å². The largest absolute Gasteiger partial charge is 0.490 e. The lowest BCUT2D eigenvalue weighted by Gasteiger charge is -2.16. The van der Waals surface area contributed by atoms with Crippen LogP contribution in [0.2, 0.25) is 5.02 Å². The van der Waals surface area contributed by atoms with Crippen LogP contribution in [-0.2, 0) is 16.3 Å². The number of ether oxygens (including phenoxy) is 1. The first-order valence-corrected chi connectivity index (χ1v) is 9.75. The maximum Gasteiger partial charge on any atom is 0.417 e. The minimum absolute atomic E-state index is 0.0242. The molecule has 0 N–H and O–H groups in total. The van der Waals surface area contributed by atoms with Gasteiger partial charge in [0.15, 0.2) is 11.5 Å². The van der Waals surface area contributed by atoms with Crippen LogP contribution >= 0.6 is 27.5 Å². The molecule has 0 aromatic heterocycles. The van der Waals surface area contributed by atoms with E-state index in [1.54, 1.807) is 6.92 Å². The van der Waals surface area contributed by atoms with E-state index in [0.29, 0.717) is 12.1 Å². The number of alkyl halides is 3. The van der Waals surface area contributed by atoms with Gasteiger partial charge in [0.2, 0.25) is 0 Å². The van der Waals surface area contributed by atoms with Crippen molar-refractivity contribution < 1.29 is 30.5 Å². The highest BCUT2D eigenvalue weighted by atomic mass is 79.9. The lowest BCUT2D eigenvalue weighted by atomic mass is 10.2. The van der Waals surface area contributed by atoms with Gasteiger partial charge >= 0.3 is 16.3 Å². The molecule has 27 heavy (non-hydrogen) atoms. The minimum atomic E-state index is -4.97. The van der Waals surface area contributed by atoms with Crippen LogP contribution in [0.1, 0.15) is 18.1 Å². The second kappa shape index (κ2) is 7.96. The van der Waals surface area contributed by atoms with Gasteiger partial charge in [0, 0.05) is 11.1 Å². The second-order valence-corrected chi connectivity index (χ2v) is 7.81.